The third-order valence-corrected chi connectivity index (χ3v) is 9.50. The van der Waals surface area contributed by atoms with Gasteiger partial charge < -0.3 is 28.4 Å². The van der Waals surface area contributed by atoms with Gasteiger partial charge >= 0.3 is 20.2 Å². The molecule has 0 fully saturated rings. The Morgan fingerprint density at radius 3 is 0.875 bits per heavy atom. The lowest BCUT2D eigenvalue weighted by Crippen LogP contribution is -2.36. The summed E-state index contributed by atoms with van der Waals surface area (Å²) in [6.45, 7) is 0. The zero-order valence-electron chi connectivity index (χ0n) is 25.7. The molecule has 2 aromatic heterocycles. The van der Waals surface area contributed by atoms with Crippen LogP contribution in [0.5, 0.6) is 34.5 Å². The Bertz CT molecular complexity index is 2240. The van der Waals surface area contributed by atoms with Crippen molar-refractivity contribution in [1.82, 2.24) is 9.46 Å². The molecule has 0 unspecified atom stereocenters. The molecule has 18 nitrogen and oxygen atoms in total. The van der Waals surface area contributed by atoms with Crippen LogP contribution in [0.25, 0.3) is 21.5 Å². The van der Waals surface area contributed by atoms with Crippen LogP contribution in [0.4, 0.5) is 0 Å². The lowest BCUT2D eigenvalue weighted by atomic mass is 10.1. The first kappa shape index (κ1) is 33.6. The van der Waals surface area contributed by atoms with Crippen molar-refractivity contribution in [3.63, 3.8) is 0 Å². The van der Waals surface area contributed by atoms with Gasteiger partial charge in [0.1, 0.15) is 34.5 Å². The van der Waals surface area contributed by atoms with E-state index in [2.05, 4.69) is 0 Å². The number of aromatic nitrogens is 2. The van der Waals surface area contributed by atoms with Crippen molar-refractivity contribution in [1.29, 1.82) is 0 Å². The zero-order valence-corrected chi connectivity index (χ0v) is 27.3. The largest absolute Gasteiger partial charge is 0.496 e. The fourth-order valence-electron chi connectivity index (χ4n) is 4.78. The lowest BCUT2D eigenvalue weighted by molar-refractivity contribution is 0.258. The summed E-state index contributed by atoms with van der Waals surface area (Å²) in [6, 6.07) is 6.38. The number of nitrogens with zero attached hydrogens (tertiary/aromatic N) is 2. The third kappa shape index (κ3) is 5.29. The summed E-state index contributed by atoms with van der Waals surface area (Å²) in [7, 11) is -2.84. The van der Waals surface area contributed by atoms with Gasteiger partial charge in [-0.2, -0.15) is 16.8 Å². The van der Waals surface area contributed by atoms with E-state index in [1.165, 1.54) is 38.5 Å². The topological polar surface area (TPSA) is 220 Å². The van der Waals surface area contributed by atoms with E-state index in [4.69, 9.17) is 37.0 Å². The van der Waals surface area contributed by atoms with Crippen molar-refractivity contribution in [3.05, 3.63) is 77.8 Å². The first-order valence-electron chi connectivity index (χ1n) is 13.1. The summed E-state index contributed by atoms with van der Waals surface area (Å²) < 4.78 is 93.7. The second-order valence-corrected chi connectivity index (χ2v) is 12.5. The Morgan fingerprint density at radius 2 is 0.667 bits per heavy atom. The molecule has 2 heterocycles. The number of hydrogen-bond donors (Lipinski definition) is 0. The monoisotopic (exact) mass is 708 g/mol. The van der Waals surface area contributed by atoms with Gasteiger partial charge in [-0.25, -0.2) is 0 Å². The van der Waals surface area contributed by atoms with Gasteiger partial charge in [0.15, 0.2) is 9.79 Å². The molecule has 0 aliphatic rings. The quantitative estimate of drug-likeness (QED) is 0.161. The first-order valence-corrected chi connectivity index (χ1v) is 15.9. The van der Waals surface area contributed by atoms with Crippen LogP contribution in [0, 0.1) is 0 Å². The van der Waals surface area contributed by atoms with Crippen LogP contribution in [0.2, 0.25) is 0 Å². The van der Waals surface area contributed by atoms with Crippen LogP contribution in [-0.2, 0) is 20.2 Å². The molecule has 0 N–H and O–H groups in total. The van der Waals surface area contributed by atoms with Gasteiger partial charge in [0.05, 0.1) is 64.2 Å². The summed E-state index contributed by atoms with van der Waals surface area (Å²) in [5.41, 5.74) is -5.30. The molecule has 20 heteroatoms. The number of hydrogen-bond acceptors (Lipinski definition) is 16. The van der Waals surface area contributed by atoms with E-state index in [9.17, 15) is 36.0 Å². The standard InChI is InChI=1S/C28H24N2O16S2/c1-39-13-7-19(41-3)23(20(8-13)42-4)47(35,36)45-29-25(31)15-11-17-18(12-16(15)26(29)32)28(34)30(27(17)33)46-48(37,38)24-21(43-5)9-14(40-2)10-22(24)44-6/h7-12H,1-6H3. The maximum Gasteiger partial charge on any atom is 0.364 e. The van der Waals surface area contributed by atoms with Gasteiger partial charge in [-0.15, -0.1) is 0 Å². The number of rotatable bonds is 12. The number of benzene rings is 3. The first-order chi connectivity index (χ1) is 22.7. The second kappa shape index (κ2) is 12.1. The van der Waals surface area contributed by atoms with Gasteiger partial charge in [-0.3, -0.25) is 27.7 Å². The lowest BCUT2D eigenvalue weighted by Gasteiger charge is -2.14. The Kier molecular flexibility index (Phi) is 8.48. The van der Waals surface area contributed by atoms with Gasteiger partial charge in [0, 0.05) is 24.3 Å². The molecule has 3 aromatic carbocycles. The van der Waals surface area contributed by atoms with Gasteiger partial charge in [-0.1, -0.05) is 9.46 Å². The summed E-state index contributed by atoms with van der Waals surface area (Å²) in [5, 5.41) is -2.14. The molecular formula is C28H24N2O16S2. The second-order valence-electron chi connectivity index (χ2n) is 9.53. The van der Waals surface area contributed by atoms with Crippen LogP contribution < -0.4 is 59.2 Å². The maximum atomic E-state index is 13.3. The highest BCUT2D eigenvalue weighted by atomic mass is 32.2. The van der Waals surface area contributed by atoms with Crippen LogP contribution in [-0.4, -0.2) is 69.0 Å². The third-order valence-electron chi connectivity index (χ3n) is 7.00. The number of fused-ring (bicyclic) bond motifs is 2. The van der Waals surface area contributed by atoms with Crippen molar-refractivity contribution in [2.45, 2.75) is 9.79 Å². The number of ether oxygens (including phenoxy) is 6. The van der Waals surface area contributed by atoms with Gasteiger partial charge in [0.2, 0.25) is 0 Å². The molecule has 0 amide bonds. The van der Waals surface area contributed by atoms with Crippen LogP contribution >= 0.6 is 0 Å². The summed E-state index contributed by atoms with van der Waals surface area (Å²) in [4.78, 5) is 51.7. The normalized spacial score (nSPS) is 11.8. The molecule has 254 valence electrons. The van der Waals surface area contributed by atoms with Gasteiger partial charge in [0.25, 0.3) is 22.2 Å². The molecule has 5 aromatic rings. The summed E-state index contributed by atoms with van der Waals surface area (Å²) in [6.07, 6.45) is 0. The molecule has 0 radical (unpaired) electrons. The fraction of sp³-hybridized carbons (Fsp3) is 0.214. The van der Waals surface area contributed by atoms with Crippen LogP contribution in [0.15, 0.2) is 65.4 Å². The van der Waals surface area contributed by atoms with Crippen molar-refractivity contribution in [2.75, 3.05) is 42.7 Å². The SMILES string of the molecule is COc1cc(OC)c(S(=O)(=O)On2c(=O)c3cc4c(=O)n(OS(=O)(=O)c5c(OC)cc(OC)cc5OC)c(=O)c4cc3c2=O)c(OC)c1. The van der Waals surface area contributed by atoms with E-state index in [1.807, 2.05) is 0 Å². The van der Waals surface area contributed by atoms with Crippen molar-refractivity contribution < 1.29 is 53.8 Å². The molecule has 0 saturated carbocycles. The Balaban J connectivity index is 1.63. The maximum absolute atomic E-state index is 13.3. The molecule has 0 atom stereocenters. The minimum Gasteiger partial charge on any atom is -0.496 e. The van der Waals surface area contributed by atoms with E-state index in [1.54, 1.807) is 0 Å². The fourth-order valence-corrected chi connectivity index (χ4v) is 7.14. The van der Waals surface area contributed by atoms with Crippen LogP contribution in [0.1, 0.15) is 0 Å². The Hall–Kier alpha value is -5.76. The molecule has 5 rings (SSSR count). The number of methoxy groups -OCH3 is 6. The molecule has 0 aliphatic heterocycles. The van der Waals surface area contributed by atoms with E-state index in [-0.39, 0.29) is 44.0 Å². The smallest absolute Gasteiger partial charge is 0.364 e. The summed E-state index contributed by atoms with van der Waals surface area (Å²) in [5.74, 6) is -0.924. The van der Waals surface area contributed by atoms with Crippen LogP contribution in [0.3, 0.4) is 0 Å². The highest BCUT2D eigenvalue weighted by molar-refractivity contribution is 7.87. The Labute approximate surface area is 269 Å². The molecule has 0 bridgehead atoms. The average molecular weight is 709 g/mol. The van der Waals surface area contributed by atoms with Gasteiger partial charge in [-0.05, 0) is 12.1 Å². The van der Waals surface area contributed by atoms with E-state index >= 15 is 0 Å². The van der Waals surface area contributed by atoms with Crippen molar-refractivity contribution in [2.24, 2.45) is 0 Å². The molecular weight excluding hydrogens is 684 g/mol. The predicted molar refractivity (Wildman–Crippen MR) is 165 cm³/mol. The highest BCUT2D eigenvalue weighted by Crippen LogP contribution is 2.39. The minimum absolute atomic E-state index is 0.0891. The highest BCUT2D eigenvalue weighted by Gasteiger charge is 2.33. The Morgan fingerprint density at radius 1 is 0.417 bits per heavy atom. The predicted octanol–water partition coefficient (Wildman–Crippen LogP) is -0.401. The molecule has 48 heavy (non-hydrogen) atoms. The van der Waals surface area contributed by atoms with E-state index < -0.39 is 73.8 Å². The minimum atomic E-state index is -5.02. The van der Waals surface area contributed by atoms with Crippen molar-refractivity contribution >= 4 is 41.8 Å². The molecule has 0 spiro atoms. The van der Waals surface area contributed by atoms with E-state index in [0.717, 1.165) is 40.6 Å². The molecule has 0 saturated heterocycles. The molecule has 0 aliphatic carbocycles. The zero-order chi connectivity index (χ0) is 35.3. The van der Waals surface area contributed by atoms with E-state index in [0.29, 0.717) is 0 Å². The van der Waals surface area contributed by atoms with Crippen molar-refractivity contribution in [3.8, 4) is 34.5 Å². The average Bonchev–Trinajstić information content (AvgIpc) is 3.44. The summed E-state index contributed by atoms with van der Waals surface area (Å²) >= 11 is 0.